The number of ether oxygens (including phenoxy) is 1. The fourth-order valence-electron chi connectivity index (χ4n) is 1.28. The Morgan fingerprint density at radius 1 is 1.41 bits per heavy atom. The third kappa shape index (κ3) is 4.99. The number of aryl methyl sites for hydroxylation is 1. The van der Waals surface area contributed by atoms with E-state index in [0.29, 0.717) is 6.61 Å². The summed E-state index contributed by atoms with van der Waals surface area (Å²) in [6.45, 7) is 0.344. The molecule has 1 aromatic rings. The summed E-state index contributed by atoms with van der Waals surface area (Å²) in [5.41, 5.74) is 2.27. The second kappa shape index (κ2) is 7.84. The molecule has 0 atom stereocenters. The van der Waals surface area contributed by atoms with E-state index in [0.717, 1.165) is 23.5 Å². The molecular weight excluding hydrogens is 286 g/mol. The standard InChI is InChI=1S/C12H14BrNO3/c1-16-12(15)8-14-17-9-11-5-3-2-4-10(11)6-7-13/h2-5,8H,6-7,9H2,1H3. The summed E-state index contributed by atoms with van der Waals surface area (Å²) in [7, 11) is 1.29. The van der Waals surface area contributed by atoms with Crippen LogP contribution in [0.3, 0.4) is 0 Å². The Morgan fingerprint density at radius 2 is 2.12 bits per heavy atom. The fourth-order valence-corrected chi connectivity index (χ4v) is 1.71. The predicted molar refractivity (Wildman–Crippen MR) is 69.2 cm³/mol. The zero-order chi connectivity index (χ0) is 12.5. The van der Waals surface area contributed by atoms with E-state index in [2.05, 4.69) is 25.8 Å². The topological polar surface area (TPSA) is 47.9 Å². The number of methoxy groups -OCH3 is 1. The van der Waals surface area contributed by atoms with Crippen LogP contribution in [0.1, 0.15) is 11.1 Å². The van der Waals surface area contributed by atoms with E-state index in [4.69, 9.17) is 4.84 Å². The maximum atomic E-state index is 10.7. The van der Waals surface area contributed by atoms with Gasteiger partial charge in [0.05, 0.1) is 7.11 Å². The second-order valence-electron chi connectivity index (χ2n) is 3.24. The van der Waals surface area contributed by atoms with Gasteiger partial charge in [-0.1, -0.05) is 45.4 Å². The summed E-state index contributed by atoms with van der Waals surface area (Å²) >= 11 is 3.40. The van der Waals surface area contributed by atoms with E-state index in [1.165, 1.54) is 12.7 Å². The number of oxime groups is 1. The molecule has 0 saturated carbocycles. The molecule has 0 aliphatic rings. The van der Waals surface area contributed by atoms with Gasteiger partial charge in [0.1, 0.15) is 6.61 Å². The lowest BCUT2D eigenvalue weighted by Crippen LogP contribution is -2.02. The molecule has 0 fully saturated rings. The van der Waals surface area contributed by atoms with Crippen molar-refractivity contribution in [3.8, 4) is 0 Å². The van der Waals surface area contributed by atoms with Gasteiger partial charge in [-0.05, 0) is 17.5 Å². The molecule has 0 bridgehead atoms. The van der Waals surface area contributed by atoms with Gasteiger partial charge in [0.15, 0.2) is 6.21 Å². The summed E-state index contributed by atoms with van der Waals surface area (Å²) in [4.78, 5) is 15.8. The lowest BCUT2D eigenvalue weighted by atomic mass is 10.1. The molecule has 0 unspecified atom stereocenters. The van der Waals surface area contributed by atoms with Crippen LogP contribution >= 0.6 is 15.9 Å². The quantitative estimate of drug-likeness (QED) is 0.350. The molecule has 0 aromatic heterocycles. The van der Waals surface area contributed by atoms with Crippen molar-refractivity contribution in [3.63, 3.8) is 0 Å². The fraction of sp³-hybridized carbons (Fsp3) is 0.333. The van der Waals surface area contributed by atoms with Crippen LogP contribution in [0.2, 0.25) is 0 Å². The van der Waals surface area contributed by atoms with Crippen LogP contribution in [0.4, 0.5) is 0 Å². The molecule has 0 radical (unpaired) electrons. The van der Waals surface area contributed by atoms with Gasteiger partial charge in [-0.2, -0.15) is 0 Å². The molecule has 0 aliphatic carbocycles. The van der Waals surface area contributed by atoms with Crippen molar-refractivity contribution < 1.29 is 14.4 Å². The van der Waals surface area contributed by atoms with Gasteiger partial charge in [0.2, 0.25) is 0 Å². The molecule has 0 heterocycles. The Morgan fingerprint density at radius 3 is 2.76 bits per heavy atom. The first-order valence-electron chi connectivity index (χ1n) is 5.14. The highest BCUT2D eigenvalue weighted by atomic mass is 79.9. The van der Waals surface area contributed by atoms with Crippen molar-refractivity contribution in [3.05, 3.63) is 35.4 Å². The molecule has 17 heavy (non-hydrogen) atoms. The van der Waals surface area contributed by atoms with Crippen LogP contribution in [0.5, 0.6) is 0 Å². The molecule has 0 aliphatic heterocycles. The number of hydrogen-bond donors (Lipinski definition) is 0. The maximum Gasteiger partial charge on any atom is 0.352 e. The van der Waals surface area contributed by atoms with E-state index in [1.54, 1.807) is 0 Å². The monoisotopic (exact) mass is 299 g/mol. The number of benzene rings is 1. The van der Waals surface area contributed by atoms with Gasteiger partial charge < -0.3 is 9.57 Å². The smallest absolute Gasteiger partial charge is 0.352 e. The minimum Gasteiger partial charge on any atom is -0.465 e. The highest BCUT2D eigenvalue weighted by Gasteiger charge is 2.01. The third-order valence-electron chi connectivity index (χ3n) is 2.14. The Kier molecular flexibility index (Phi) is 6.32. The molecule has 0 amide bonds. The summed E-state index contributed by atoms with van der Waals surface area (Å²) in [6, 6.07) is 7.95. The Balaban J connectivity index is 2.51. The summed E-state index contributed by atoms with van der Waals surface area (Å²) in [5.74, 6) is -0.529. The number of carbonyl (C=O) groups is 1. The van der Waals surface area contributed by atoms with Gasteiger partial charge in [0.25, 0.3) is 0 Å². The highest BCUT2D eigenvalue weighted by molar-refractivity contribution is 9.09. The average molecular weight is 300 g/mol. The zero-order valence-corrected chi connectivity index (χ0v) is 11.1. The number of rotatable bonds is 6. The third-order valence-corrected chi connectivity index (χ3v) is 2.53. The van der Waals surface area contributed by atoms with E-state index in [9.17, 15) is 4.79 Å². The normalized spacial score (nSPS) is 10.5. The minimum atomic E-state index is -0.529. The Labute approximate surface area is 109 Å². The summed E-state index contributed by atoms with van der Waals surface area (Å²) in [6.07, 6.45) is 1.94. The number of nitrogens with zero attached hydrogens (tertiary/aromatic N) is 1. The Hall–Kier alpha value is -1.36. The van der Waals surface area contributed by atoms with Gasteiger partial charge in [-0.3, -0.25) is 0 Å². The van der Waals surface area contributed by atoms with Crippen molar-refractivity contribution in [1.82, 2.24) is 0 Å². The van der Waals surface area contributed by atoms with Crippen molar-refractivity contribution in [2.24, 2.45) is 5.16 Å². The lowest BCUT2D eigenvalue weighted by Gasteiger charge is -2.06. The zero-order valence-electron chi connectivity index (χ0n) is 9.56. The van der Waals surface area contributed by atoms with E-state index >= 15 is 0 Å². The molecule has 0 N–H and O–H groups in total. The summed E-state index contributed by atoms with van der Waals surface area (Å²) < 4.78 is 4.39. The summed E-state index contributed by atoms with van der Waals surface area (Å²) in [5, 5.41) is 4.43. The molecule has 1 aromatic carbocycles. The van der Waals surface area contributed by atoms with Crippen molar-refractivity contribution >= 4 is 28.1 Å². The number of hydrogen-bond acceptors (Lipinski definition) is 4. The number of halogens is 1. The van der Waals surface area contributed by atoms with Crippen LogP contribution in [0, 0.1) is 0 Å². The highest BCUT2D eigenvalue weighted by Crippen LogP contribution is 2.11. The molecular formula is C12H14BrNO3. The van der Waals surface area contributed by atoms with E-state index in [1.807, 2.05) is 24.3 Å². The second-order valence-corrected chi connectivity index (χ2v) is 4.03. The number of esters is 1. The molecule has 0 saturated heterocycles. The lowest BCUT2D eigenvalue weighted by molar-refractivity contribution is -0.132. The average Bonchev–Trinajstić information content (AvgIpc) is 2.36. The first-order chi connectivity index (χ1) is 8.27. The maximum absolute atomic E-state index is 10.7. The van der Waals surface area contributed by atoms with Gasteiger partial charge in [-0.15, -0.1) is 0 Å². The van der Waals surface area contributed by atoms with Gasteiger partial charge >= 0.3 is 5.97 Å². The van der Waals surface area contributed by atoms with Crippen LogP contribution in [0.15, 0.2) is 29.4 Å². The number of alkyl halides is 1. The van der Waals surface area contributed by atoms with Crippen molar-refractivity contribution in [1.29, 1.82) is 0 Å². The van der Waals surface area contributed by atoms with Gasteiger partial charge in [-0.25, -0.2) is 4.79 Å². The minimum absolute atomic E-state index is 0.344. The SMILES string of the molecule is COC(=O)C=NOCc1ccccc1CCBr. The molecule has 92 valence electrons. The Bertz CT molecular complexity index is 393. The molecule has 4 nitrogen and oxygen atoms in total. The van der Waals surface area contributed by atoms with Crippen LogP contribution in [-0.4, -0.2) is 24.6 Å². The largest absolute Gasteiger partial charge is 0.465 e. The van der Waals surface area contributed by atoms with E-state index < -0.39 is 5.97 Å². The number of carbonyl (C=O) groups excluding carboxylic acids is 1. The van der Waals surface area contributed by atoms with Crippen molar-refractivity contribution in [2.45, 2.75) is 13.0 Å². The first kappa shape index (κ1) is 13.7. The molecule has 5 heteroatoms. The molecule has 0 spiro atoms. The predicted octanol–water partition coefficient (Wildman–Crippen LogP) is 2.30. The van der Waals surface area contributed by atoms with Gasteiger partial charge in [0, 0.05) is 5.33 Å². The van der Waals surface area contributed by atoms with Crippen molar-refractivity contribution in [2.75, 3.05) is 12.4 Å². The van der Waals surface area contributed by atoms with E-state index in [-0.39, 0.29) is 0 Å². The van der Waals surface area contributed by atoms with Crippen LogP contribution < -0.4 is 0 Å². The molecule has 1 rings (SSSR count). The first-order valence-corrected chi connectivity index (χ1v) is 6.26. The van der Waals surface area contributed by atoms with Crippen LogP contribution in [-0.2, 0) is 27.4 Å². The van der Waals surface area contributed by atoms with Crippen LogP contribution in [0.25, 0.3) is 0 Å².